The van der Waals surface area contributed by atoms with Crippen LogP contribution in [0.5, 0.6) is 0 Å². The molecule has 0 atom stereocenters. The highest BCUT2D eigenvalue weighted by Crippen LogP contribution is 2.30. The Kier molecular flexibility index (Phi) is 1.94. The Bertz CT molecular complexity index is 157. The Balaban J connectivity index is 2.05. The van der Waals surface area contributed by atoms with Crippen LogP contribution < -0.4 is 5.32 Å². The van der Waals surface area contributed by atoms with E-state index in [2.05, 4.69) is 11.9 Å². The standard InChI is InChI=1S/C7H11NO2/c1-5-2-6(3-5)4-8-7(9)10/h6,8H,1-4H2,(H,9,10). The Morgan fingerprint density at radius 1 is 1.80 bits per heavy atom. The average molecular weight is 141 g/mol. The predicted molar refractivity (Wildman–Crippen MR) is 37.9 cm³/mol. The molecular formula is C7H11NO2. The average Bonchev–Trinajstić information content (AvgIpc) is 1.77. The number of rotatable bonds is 2. The van der Waals surface area contributed by atoms with Crippen molar-refractivity contribution in [3.05, 3.63) is 12.2 Å². The van der Waals surface area contributed by atoms with Gasteiger partial charge in [-0.3, -0.25) is 0 Å². The first kappa shape index (κ1) is 7.12. The second-order valence-electron chi connectivity index (χ2n) is 2.71. The molecule has 0 spiro atoms. The van der Waals surface area contributed by atoms with Crippen LogP contribution in [0, 0.1) is 5.92 Å². The zero-order valence-corrected chi connectivity index (χ0v) is 5.76. The van der Waals surface area contributed by atoms with Gasteiger partial charge in [0.2, 0.25) is 0 Å². The van der Waals surface area contributed by atoms with Crippen LogP contribution in [0.1, 0.15) is 12.8 Å². The first-order chi connectivity index (χ1) is 4.68. The SMILES string of the molecule is C=C1CC(CNC(=O)O)C1. The summed E-state index contributed by atoms with van der Waals surface area (Å²) in [6, 6.07) is 0. The van der Waals surface area contributed by atoms with Crippen LogP contribution in [-0.4, -0.2) is 17.7 Å². The minimum Gasteiger partial charge on any atom is -0.465 e. The quantitative estimate of drug-likeness (QED) is 0.568. The summed E-state index contributed by atoms with van der Waals surface area (Å²) < 4.78 is 0. The Hall–Kier alpha value is -0.990. The van der Waals surface area contributed by atoms with Crippen LogP contribution in [0.25, 0.3) is 0 Å². The Morgan fingerprint density at radius 3 is 2.80 bits per heavy atom. The molecule has 3 heteroatoms. The number of carbonyl (C=O) groups is 1. The molecule has 10 heavy (non-hydrogen) atoms. The fourth-order valence-electron chi connectivity index (χ4n) is 1.13. The van der Waals surface area contributed by atoms with E-state index in [0.29, 0.717) is 12.5 Å². The van der Waals surface area contributed by atoms with Crippen molar-refractivity contribution in [1.29, 1.82) is 0 Å². The molecule has 0 aromatic rings. The van der Waals surface area contributed by atoms with E-state index in [4.69, 9.17) is 5.11 Å². The summed E-state index contributed by atoms with van der Waals surface area (Å²) in [5, 5.41) is 10.6. The molecule has 1 fully saturated rings. The second kappa shape index (κ2) is 2.73. The second-order valence-corrected chi connectivity index (χ2v) is 2.71. The van der Waals surface area contributed by atoms with Gasteiger partial charge in [0.1, 0.15) is 0 Å². The lowest BCUT2D eigenvalue weighted by Gasteiger charge is -2.27. The van der Waals surface area contributed by atoms with Gasteiger partial charge < -0.3 is 10.4 Å². The van der Waals surface area contributed by atoms with Crippen LogP contribution >= 0.6 is 0 Å². The highest BCUT2D eigenvalue weighted by molar-refractivity contribution is 5.64. The molecule has 0 radical (unpaired) electrons. The molecule has 0 aromatic carbocycles. The normalized spacial score (nSPS) is 18.2. The number of allylic oxidation sites excluding steroid dienone is 1. The highest BCUT2D eigenvalue weighted by atomic mass is 16.4. The molecule has 1 aliphatic carbocycles. The van der Waals surface area contributed by atoms with Crippen molar-refractivity contribution in [3.63, 3.8) is 0 Å². The van der Waals surface area contributed by atoms with Crippen LogP contribution in [-0.2, 0) is 0 Å². The van der Waals surface area contributed by atoms with Crippen molar-refractivity contribution in [2.45, 2.75) is 12.8 Å². The minimum atomic E-state index is -0.933. The maximum Gasteiger partial charge on any atom is 0.404 e. The van der Waals surface area contributed by atoms with Crippen molar-refractivity contribution >= 4 is 6.09 Å². The summed E-state index contributed by atoms with van der Waals surface area (Å²) in [6.45, 7) is 4.34. The topological polar surface area (TPSA) is 49.3 Å². The Morgan fingerprint density at radius 2 is 2.40 bits per heavy atom. The Labute approximate surface area is 59.7 Å². The van der Waals surface area contributed by atoms with Gasteiger partial charge in [-0.2, -0.15) is 0 Å². The zero-order valence-electron chi connectivity index (χ0n) is 5.76. The third-order valence-electron chi connectivity index (χ3n) is 1.70. The van der Waals surface area contributed by atoms with Crippen molar-refractivity contribution in [1.82, 2.24) is 5.32 Å². The summed E-state index contributed by atoms with van der Waals surface area (Å²) in [6.07, 6.45) is 1.04. The third kappa shape index (κ3) is 1.76. The van der Waals surface area contributed by atoms with Crippen LogP contribution in [0.15, 0.2) is 12.2 Å². The van der Waals surface area contributed by atoms with E-state index < -0.39 is 6.09 Å². The molecular weight excluding hydrogens is 130 g/mol. The van der Waals surface area contributed by atoms with Gasteiger partial charge in [-0.25, -0.2) is 4.79 Å². The van der Waals surface area contributed by atoms with E-state index in [-0.39, 0.29) is 0 Å². The van der Waals surface area contributed by atoms with Crippen LogP contribution in [0.4, 0.5) is 4.79 Å². The fraction of sp³-hybridized carbons (Fsp3) is 0.571. The smallest absolute Gasteiger partial charge is 0.404 e. The molecule has 1 saturated carbocycles. The number of hydrogen-bond donors (Lipinski definition) is 2. The summed E-state index contributed by atoms with van der Waals surface area (Å²) in [7, 11) is 0. The first-order valence-electron chi connectivity index (χ1n) is 3.32. The van der Waals surface area contributed by atoms with Gasteiger partial charge in [0.15, 0.2) is 0 Å². The van der Waals surface area contributed by atoms with Crippen molar-refractivity contribution < 1.29 is 9.90 Å². The largest absolute Gasteiger partial charge is 0.465 e. The van der Waals surface area contributed by atoms with Crippen LogP contribution in [0.2, 0.25) is 0 Å². The molecule has 2 N–H and O–H groups in total. The van der Waals surface area contributed by atoms with Crippen molar-refractivity contribution in [2.24, 2.45) is 5.92 Å². The lowest BCUT2D eigenvalue weighted by atomic mass is 9.81. The summed E-state index contributed by atoms with van der Waals surface area (Å²) >= 11 is 0. The molecule has 0 unspecified atom stereocenters. The van der Waals surface area contributed by atoms with Gasteiger partial charge in [-0.1, -0.05) is 12.2 Å². The minimum absolute atomic E-state index is 0.503. The molecule has 1 amide bonds. The van der Waals surface area contributed by atoms with E-state index in [9.17, 15) is 4.79 Å². The number of carboxylic acid groups (broad SMARTS) is 1. The lowest BCUT2D eigenvalue weighted by Crippen LogP contribution is -2.31. The van der Waals surface area contributed by atoms with Gasteiger partial charge in [-0.15, -0.1) is 0 Å². The molecule has 3 nitrogen and oxygen atoms in total. The van der Waals surface area contributed by atoms with E-state index in [0.717, 1.165) is 12.8 Å². The van der Waals surface area contributed by atoms with E-state index in [1.807, 2.05) is 0 Å². The molecule has 56 valence electrons. The van der Waals surface area contributed by atoms with Gasteiger partial charge in [-0.05, 0) is 18.8 Å². The summed E-state index contributed by atoms with van der Waals surface area (Å²) in [5.74, 6) is 0.503. The number of hydrogen-bond acceptors (Lipinski definition) is 1. The molecule has 0 aromatic heterocycles. The summed E-state index contributed by atoms with van der Waals surface area (Å²) in [5.41, 5.74) is 1.23. The van der Waals surface area contributed by atoms with Crippen LogP contribution in [0.3, 0.4) is 0 Å². The maximum atomic E-state index is 9.99. The first-order valence-corrected chi connectivity index (χ1v) is 3.32. The monoisotopic (exact) mass is 141 g/mol. The van der Waals surface area contributed by atoms with E-state index in [1.165, 1.54) is 5.57 Å². The molecule has 1 aliphatic rings. The number of nitrogens with one attached hydrogen (secondary N) is 1. The van der Waals surface area contributed by atoms with Crippen molar-refractivity contribution in [2.75, 3.05) is 6.54 Å². The van der Waals surface area contributed by atoms with Gasteiger partial charge >= 0.3 is 6.09 Å². The van der Waals surface area contributed by atoms with E-state index >= 15 is 0 Å². The highest BCUT2D eigenvalue weighted by Gasteiger charge is 2.21. The van der Waals surface area contributed by atoms with Gasteiger partial charge in [0.25, 0.3) is 0 Å². The fourth-order valence-corrected chi connectivity index (χ4v) is 1.13. The number of amides is 1. The zero-order chi connectivity index (χ0) is 7.56. The summed E-state index contributed by atoms with van der Waals surface area (Å²) in [4.78, 5) is 9.99. The molecule has 0 bridgehead atoms. The van der Waals surface area contributed by atoms with E-state index in [1.54, 1.807) is 0 Å². The maximum absolute atomic E-state index is 9.99. The third-order valence-corrected chi connectivity index (χ3v) is 1.70. The van der Waals surface area contributed by atoms with Gasteiger partial charge in [0.05, 0.1) is 0 Å². The molecule has 1 rings (SSSR count). The van der Waals surface area contributed by atoms with Crippen molar-refractivity contribution in [3.8, 4) is 0 Å². The molecule has 0 aliphatic heterocycles. The molecule has 0 saturated heterocycles. The molecule has 0 heterocycles. The van der Waals surface area contributed by atoms with Gasteiger partial charge in [0, 0.05) is 6.54 Å². The lowest BCUT2D eigenvalue weighted by molar-refractivity contribution is 0.191. The predicted octanol–water partition coefficient (Wildman–Crippen LogP) is 1.22.